The van der Waals surface area contributed by atoms with E-state index in [0.717, 1.165) is 0 Å². The number of carbonyl (C=O) groups excluding carboxylic acids is 1. The van der Waals surface area contributed by atoms with Crippen LogP contribution in [-0.2, 0) is 19.0 Å². The van der Waals surface area contributed by atoms with Gasteiger partial charge in [-0.1, -0.05) is 12.2 Å². The Morgan fingerprint density at radius 2 is 2.35 bits per heavy atom. The number of ether oxygens (including phenoxy) is 3. The van der Waals surface area contributed by atoms with Crippen molar-refractivity contribution in [3.63, 3.8) is 0 Å². The second kappa shape index (κ2) is 6.14. The van der Waals surface area contributed by atoms with Crippen LogP contribution >= 0.6 is 0 Å². The molecule has 0 saturated carbocycles. The third-order valence-electron chi connectivity index (χ3n) is 2.33. The number of aliphatic hydroxyl groups excluding tert-OH is 1. The minimum atomic E-state index is -0.772. The van der Waals surface area contributed by atoms with Crippen molar-refractivity contribution in [2.75, 3.05) is 13.2 Å². The molecule has 0 aromatic heterocycles. The Kier molecular flexibility index (Phi) is 5.11. The molecule has 1 N–H and O–H groups in total. The second-order valence-corrected chi connectivity index (χ2v) is 4.30. The lowest BCUT2D eigenvalue weighted by molar-refractivity contribution is -0.147. The fraction of sp³-hybridized carbons (Fsp3) is 0.750. The Morgan fingerprint density at radius 1 is 1.65 bits per heavy atom. The molecule has 1 aliphatic heterocycles. The summed E-state index contributed by atoms with van der Waals surface area (Å²) in [6, 6.07) is 0. The van der Waals surface area contributed by atoms with Crippen LogP contribution in [0, 0.1) is 0 Å². The second-order valence-electron chi connectivity index (χ2n) is 4.30. The molecule has 1 aliphatic rings. The Hall–Kier alpha value is -0.910. The smallest absolute Gasteiger partial charge is 0.309 e. The van der Waals surface area contributed by atoms with Crippen molar-refractivity contribution >= 4 is 5.97 Å². The molecule has 0 amide bonds. The Morgan fingerprint density at radius 3 is 2.88 bits per heavy atom. The molecule has 17 heavy (non-hydrogen) atoms. The van der Waals surface area contributed by atoms with Crippen LogP contribution in [0.3, 0.4) is 0 Å². The molecule has 1 rings (SSSR count). The van der Waals surface area contributed by atoms with Gasteiger partial charge in [0.05, 0.1) is 19.6 Å². The lowest BCUT2D eigenvalue weighted by atomic mass is 10.2. The van der Waals surface area contributed by atoms with Crippen LogP contribution < -0.4 is 0 Å². The van der Waals surface area contributed by atoms with E-state index in [1.165, 1.54) is 6.08 Å². The van der Waals surface area contributed by atoms with Gasteiger partial charge in [0.25, 0.3) is 0 Å². The monoisotopic (exact) mass is 244 g/mol. The van der Waals surface area contributed by atoms with Gasteiger partial charge in [-0.25, -0.2) is 0 Å². The zero-order valence-corrected chi connectivity index (χ0v) is 10.5. The Bertz CT molecular complexity index is 285. The maximum absolute atomic E-state index is 11.0. The Balaban J connectivity index is 2.32. The highest BCUT2D eigenvalue weighted by molar-refractivity contribution is 5.71. The fourth-order valence-electron chi connectivity index (χ4n) is 1.53. The molecule has 0 unspecified atom stereocenters. The molecule has 1 heterocycles. The lowest BCUT2D eigenvalue weighted by Gasteiger charge is -2.18. The predicted molar refractivity (Wildman–Crippen MR) is 61.3 cm³/mol. The van der Waals surface area contributed by atoms with Crippen LogP contribution in [-0.4, -0.2) is 42.3 Å². The van der Waals surface area contributed by atoms with E-state index in [2.05, 4.69) is 0 Å². The first-order chi connectivity index (χ1) is 7.94. The van der Waals surface area contributed by atoms with E-state index in [0.29, 0.717) is 13.2 Å². The van der Waals surface area contributed by atoms with Crippen LogP contribution in [0.5, 0.6) is 0 Å². The first kappa shape index (κ1) is 14.2. The zero-order chi connectivity index (χ0) is 12.9. The van der Waals surface area contributed by atoms with Crippen LogP contribution in [0.1, 0.15) is 27.2 Å². The molecule has 1 fully saturated rings. The fourth-order valence-corrected chi connectivity index (χ4v) is 1.53. The number of carbonyl (C=O) groups is 1. The van der Waals surface area contributed by atoms with Gasteiger partial charge in [0.2, 0.25) is 0 Å². The van der Waals surface area contributed by atoms with Crippen molar-refractivity contribution in [2.24, 2.45) is 0 Å². The van der Waals surface area contributed by atoms with E-state index in [1.807, 2.05) is 0 Å². The first-order valence-corrected chi connectivity index (χ1v) is 5.76. The third kappa shape index (κ3) is 4.85. The van der Waals surface area contributed by atoms with Crippen molar-refractivity contribution in [3.8, 4) is 0 Å². The maximum Gasteiger partial charge on any atom is 0.309 e. The molecule has 0 bridgehead atoms. The molecule has 5 heteroatoms. The summed E-state index contributed by atoms with van der Waals surface area (Å²) in [7, 11) is 0. The summed E-state index contributed by atoms with van der Waals surface area (Å²) in [5, 5.41) is 9.78. The molecule has 1 saturated heterocycles. The van der Waals surface area contributed by atoms with Crippen LogP contribution in [0.25, 0.3) is 0 Å². The van der Waals surface area contributed by atoms with E-state index in [1.54, 1.807) is 26.8 Å². The van der Waals surface area contributed by atoms with Crippen LogP contribution in [0.15, 0.2) is 12.2 Å². The highest BCUT2D eigenvalue weighted by Crippen LogP contribution is 2.24. The summed E-state index contributed by atoms with van der Waals surface area (Å²) >= 11 is 0. The van der Waals surface area contributed by atoms with E-state index >= 15 is 0 Å². The van der Waals surface area contributed by atoms with Gasteiger partial charge in [-0.3, -0.25) is 4.79 Å². The average Bonchev–Trinajstić information content (AvgIpc) is 2.59. The predicted octanol–water partition coefficient (Wildman–Crippen LogP) is 1.01. The summed E-state index contributed by atoms with van der Waals surface area (Å²) in [5.41, 5.74) is 0. The summed E-state index contributed by atoms with van der Waals surface area (Å²) in [6.07, 6.45) is 2.11. The Labute approximate surface area is 101 Å². The molecule has 0 aromatic carbocycles. The van der Waals surface area contributed by atoms with Crippen molar-refractivity contribution in [3.05, 3.63) is 12.2 Å². The molecule has 98 valence electrons. The average molecular weight is 244 g/mol. The minimum absolute atomic E-state index is 0.155. The summed E-state index contributed by atoms with van der Waals surface area (Å²) in [6.45, 7) is 6.05. The minimum Gasteiger partial charge on any atom is -0.466 e. The SMILES string of the molecule is CCOC(=O)C/C=C/[C@@H](O)[C@H]1COC(C)(C)O1. The number of esters is 1. The molecule has 5 nitrogen and oxygen atoms in total. The van der Waals surface area contributed by atoms with E-state index in [9.17, 15) is 9.90 Å². The van der Waals surface area contributed by atoms with E-state index < -0.39 is 11.9 Å². The normalized spacial score (nSPS) is 25.1. The van der Waals surface area contributed by atoms with Gasteiger partial charge < -0.3 is 19.3 Å². The summed E-state index contributed by atoms with van der Waals surface area (Å²) in [4.78, 5) is 11.0. The van der Waals surface area contributed by atoms with Gasteiger partial charge in [-0.05, 0) is 20.8 Å². The quantitative estimate of drug-likeness (QED) is 0.577. The lowest BCUT2D eigenvalue weighted by Crippen LogP contribution is -2.29. The van der Waals surface area contributed by atoms with Crippen LogP contribution in [0.2, 0.25) is 0 Å². The number of aliphatic hydroxyl groups is 1. The van der Waals surface area contributed by atoms with Gasteiger partial charge in [0.15, 0.2) is 5.79 Å². The summed E-state index contributed by atoms with van der Waals surface area (Å²) in [5.74, 6) is -0.958. The van der Waals surface area contributed by atoms with Crippen LogP contribution in [0.4, 0.5) is 0 Å². The number of hydrogen-bond donors (Lipinski definition) is 1. The standard InChI is InChI=1S/C12H20O5/c1-4-15-11(14)7-5-6-9(13)10-8-16-12(2,3)17-10/h5-6,9-10,13H,4,7-8H2,1-3H3/b6-5+/t9-,10-/m1/s1. The molecule has 0 aromatic rings. The van der Waals surface area contributed by atoms with Crippen molar-refractivity contribution in [2.45, 2.75) is 45.2 Å². The molecular formula is C12H20O5. The number of rotatable bonds is 5. The van der Waals surface area contributed by atoms with Crippen molar-refractivity contribution in [1.29, 1.82) is 0 Å². The third-order valence-corrected chi connectivity index (χ3v) is 2.33. The van der Waals surface area contributed by atoms with Gasteiger partial charge in [-0.15, -0.1) is 0 Å². The maximum atomic E-state index is 11.0. The van der Waals surface area contributed by atoms with Crippen molar-refractivity contribution in [1.82, 2.24) is 0 Å². The van der Waals surface area contributed by atoms with E-state index in [4.69, 9.17) is 14.2 Å². The molecule has 0 radical (unpaired) electrons. The van der Waals surface area contributed by atoms with Gasteiger partial charge in [-0.2, -0.15) is 0 Å². The number of hydrogen-bond acceptors (Lipinski definition) is 5. The highest BCUT2D eigenvalue weighted by Gasteiger charge is 2.35. The topological polar surface area (TPSA) is 65.0 Å². The van der Waals surface area contributed by atoms with E-state index in [-0.39, 0.29) is 18.5 Å². The molecule has 0 aliphatic carbocycles. The summed E-state index contributed by atoms with van der Waals surface area (Å²) < 4.78 is 15.6. The van der Waals surface area contributed by atoms with Gasteiger partial charge in [0, 0.05) is 0 Å². The van der Waals surface area contributed by atoms with Gasteiger partial charge >= 0.3 is 5.97 Å². The van der Waals surface area contributed by atoms with Crippen molar-refractivity contribution < 1.29 is 24.1 Å². The highest BCUT2D eigenvalue weighted by atomic mass is 16.7. The molecular weight excluding hydrogens is 224 g/mol. The largest absolute Gasteiger partial charge is 0.466 e. The molecule has 2 atom stereocenters. The van der Waals surface area contributed by atoms with Gasteiger partial charge in [0.1, 0.15) is 12.2 Å². The molecule has 0 spiro atoms. The zero-order valence-electron chi connectivity index (χ0n) is 10.5. The first-order valence-electron chi connectivity index (χ1n) is 5.76.